The second-order valence-corrected chi connectivity index (χ2v) is 2.79. The molecule has 1 aliphatic heterocycles. The van der Waals surface area contributed by atoms with Crippen molar-refractivity contribution in [2.45, 2.75) is 13.0 Å². The first kappa shape index (κ1) is 12.7. The van der Waals surface area contributed by atoms with Crippen LogP contribution in [0.25, 0.3) is 0 Å². The van der Waals surface area contributed by atoms with Gasteiger partial charge in [-0.3, -0.25) is 4.79 Å². The molecule has 0 bridgehead atoms. The standard InChI is InChI=1S/C8H15NO3.ClH/c1-3-12-8(10)6-4-9-5-7(6)11-2;/h6-7,9H,3-5H2,1-2H3;1H/t6-,7-;/m1./s1. The van der Waals surface area contributed by atoms with Crippen molar-refractivity contribution in [3.05, 3.63) is 0 Å². The number of halogens is 1. The van der Waals surface area contributed by atoms with Gasteiger partial charge in [0.15, 0.2) is 0 Å². The zero-order valence-corrected chi connectivity index (χ0v) is 8.73. The Kier molecular flexibility index (Phi) is 6.03. The summed E-state index contributed by atoms with van der Waals surface area (Å²) in [4.78, 5) is 11.3. The Morgan fingerprint density at radius 1 is 1.54 bits per heavy atom. The Balaban J connectivity index is 0.00000144. The predicted molar refractivity (Wildman–Crippen MR) is 51.0 cm³/mol. The van der Waals surface area contributed by atoms with E-state index in [-0.39, 0.29) is 30.4 Å². The summed E-state index contributed by atoms with van der Waals surface area (Å²) in [6.07, 6.45) is -0.0240. The minimum Gasteiger partial charge on any atom is -0.466 e. The van der Waals surface area contributed by atoms with E-state index in [0.717, 1.165) is 6.54 Å². The highest BCUT2D eigenvalue weighted by molar-refractivity contribution is 5.85. The van der Waals surface area contributed by atoms with Crippen LogP contribution in [0.5, 0.6) is 0 Å². The van der Waals surface area contributed by atoms with E-state index in [9.17, 15) is 4.79 Å². The highest BCUT2D eigenvalue weighted by Gasteiger charge is 2.33. The lowest BCUT2D eigenvalue weighted by molar-refractivity contribution is -0.150. The molecule has 1 rings (SSSR count). The maximum Gasteiger partial charge on any atom is 0.312 e. The molecular formula is C8H16ClNO3. The molecule has 0 unspecified atom stereocenters. The molecule has 0 aliphatic carbocycles. The van der Waals surface area contributed by atoms with Gasteiger partial charge in [-0.1, -0.05) is 0 Å². The third-order valence-electron chi connectivity index (χ3n) is 2.05. The van der Waals surface area contributed by atoms with Crippen LogP contribution in [0.2, 0.25) is 0 Å². The largest absolute Gasteiger partial charge is 0.466 e. The molecule has 1 aliphatic rings. The van der Waals surface area contributed by atoms with Crippen LogP contribution in [0.3, 0.4) is 0 Å². The fourth-order valence-corrected chi connectivity index (χ4v) is 1.39. The summed E-state index contributed by atoms with van der Waals surface area (Å²) in [6, 6.07) is 0. The van der Waals surface area contributed by atoms with Gasteiger partial charge in [0.05, 0.1) is 18.6 Å². The van der Waals surface area contributed by atoms with E-state index < -0.39 is 0 Å². The fraction of sp³-hybridized carbons (Fsp3) is 0.875. The Labute approximate surface area is 84.4 Å². The van der Waals surface area contributed by atoms with Crippen molar-refractivity contribution in [1.82, 2.24) is 5.32 Å². The quantitative estimate of drug-likeness (QED) is 0.675. The van der Waals surface area contributed by atoms with Crippen LogP contribution >= 0.6 is 12.4 Å². The molecule has 1 saturated heterocycles. The molecule has 4 nitrogen and oxygen atoms in total. The van der Waals surface area contributed by atoms with Crippen LogP contribution < -0.4 is 5.32 Å². The highest BCUT2D eigenvalue weighted by Crippen LogP contribution is 2.13. The minimum absolute atomic E-state index is 0. The topological polar surface area (TPSA) is 47.6 Å². The summed E-state index contributed by atoms with van der Waals surface area (Å²) in [5.74, 6) is -0.288. The summed E-state index contributed by atoms with van der Waals surface area (Å²) in [5, 5.41) is 3.09. The van der Waals surface area contributed by atoms with Crippen molar-refractivity contribution in [2.24, 2.45) is 5.92 Å². The van der Waals surface area contributed by atoms with Gasteiger partial charge in [-0.15, -0.1) is 12.4 Å². The normalized spacial score (nSPS) is 26.6. The molecule has 1 fully saturated rings. The zero-order chi connectivity index (χ0) is 8.97. The van der Waals surface area contributed by atoms with Gasteiger partial charge in [-0.25, -0.2) is 0 Å². The van der Waals surface area contributed by atoms with E-state index in [1.807, 2.05) is 6.92 Å². The number of carbonyl (C=O) groups is 1. The second kappa shape index (κ2) is 6.18. The van der Waals surface area contributed by atoms with Crippen molar-refractivity contribution in [3.63, 3.8) is 0 Å². The lowest BCUT2D eigenvalue weighted by Gasteiger charge is -2.14. The Bertz CT molecular complexity index is 165. The van der Waals surface area contributed by atoms with E-state index in [4.69, 9.17) is 9.47 Å². The summed E-state index contributed by atoms with van der Waals surface area (Å²) in [7, 11) is 1.61. The van der Waals surface area contributed by atoms with E-state index in [2.05, 4.69) is 5.32 Å². The predicted octanol–water partition coefficient (Wildman–Crippen LogP) is 0.206. The number of hydrogen-bond acceptors (Lipinski definition) is 4. The Hall–Kier alpha value is -0.320. The Morgan fingerprint density at radius 3 is 2.77 bits per heavy atom. The van der Waals surface area contributed by atoms with Gasteiger partial charge >= 0.3 is 5.97 Å². The van der Waals surface area contributed by atoms with Gasteiger partial charge < -0.3 is 14.8 Å². The van der Waals surface area contributed by atoms with Crippen molar-refractivity contribution in [2.75, 3.05) is 26.8 Å². The molecule has 0 aromatic carbocycles. The summed E-state index contributed by atoms with van der Waals surface area (Å²) in [5.41, 5.74) is 0. The summed E-state index contributed by atoms with van der Waals surface area (Å²) < 4.78 is 10.0. The van der Waals surface area contributed by atoms with Crippen molar-refractivity contribution in [1.29, 1.82) is 0 Å². The molecule has 13 heavy (non-hydrogen) atoms. The van der Waals surface area contributed by atoms with Crippen molar-refractivity contribution < 1.29 is 14.3 Å². The van der Waals surface area contributed by atoms with E-state index in [0.29, 0.717) is 13.2 Å². The van der Waals surface area contributed by atoms with Gasteiger partial charge in [-0.2, -0.15) is 0 Å². The third kappa shape index (κ3) is 3.14. The molecule has 2 atom stereocenters. The molecule has 5 heteroatoms. The van der Waals surface area contributed by atoms with Crippen LogP contribution in [-0.4, -0.2) is 38.9 Å². The fourth-order valence-electron chi connectivity index (χ4n) is 1.39. The Morgan fingerprint density at radius 2 is 2.23 bits per heavy atom. The maximum atomic E-state index is 11.3. The zero-order valence-electron chi connectivity index (χ0n) is 7.91. The number of ether oxygens (including phenoxy) is 2. The molecule has 0 spiro atoms. The molecule has 0 aromatic rings. The van der Waals surface area contributed by atoms with Gasteiger partial charge in [0.1, 0.15) is 0 Å². The van der Waals surface area contributed by atoms with Crippen LogP contribution in [0.4, 0.5) is 0 Å². The first-order chi connectivity index (χ1) is 5.79. The molecule has 0 aromatic heterocycles. The first-order valence-corrected chi connectivity index (χ1v) is 4.19. The highest BCUT2D eigenvalue weighted by atomic mass is 35.5. The molecule has 1 heterocycles. The number of rotatable bonds is 3. The smallest absolute Gasteiger partial charge is 0.312 e. The molecule has 1 N–H and O–H groups in total. The van der Waals surface area contributed by atoms with Gasteiger partial charge in [0.25, 0.3) is 0 Å². The molecule has 0 radical (unpaired) electrons. The number of esters is 1. The first-order valence-electron chi connectivity index (χ1n) is 4.19. The van der Waals surface area contributed by atoms with E-state index in [1.54, 1.807) is 7.11 Å². The molecule has 78 valence electrons. The summed E-state index contributed by atoms with van der Waals surface area (Å²) in [6.45, 7) is 3.64. The number of methoxy groups -OCH3 is 1. The second-order valence-electron chi connectivity index (χ2n) is 2.79. The van der Waals surface area contributed by atoms with Crippen molar-refractivity contribution in [3.8, 4) is 0 Å². The lowest BCUT2D eigenvalue weighted by atomic mass is 10.1. The van der Waals surface area contributed by atoms with Crippen LogP contribution in [0, 0.1) is 5.92 Å². The molecular weight excluding hydrogens is 194 g/mol. The SMILES string of the molecule is CCOC(=O)[C@@H]1CNC[C@H]1OC.Cl. The van der Waals surface area contributed by atoms with Crippen LogP contribution in [0.15, 0.2) is 0 Å². The van der Waals surface area contributed by atoms with E-state index >= 15 is 0 Å². The lowest BCUT2D eigenvalue weighted by Crippen LogP contribution is -2.29. The number of nitrogens with one attached hydrogen (secondary N) is 1. The van der Waals surface area contributed by atoms with E-state index in [1.165, 1.54) is 0 Å². The van der Waals surface area contributed by atoms with Crippen LogP contribution in [0.1, 0.15) is 6.92 Å². The van der Waals surface area contributed by atoms with Crippen LogP contribution in [-0.2, 0) is 14.3 Å². The maximum absolute atomic E-state index is 11.3. The average Bonchev–Trinajstić information content (AvgIpc) is 2.51. The minimum atomic E-state index is -0.158. The molecule has 0 amide bonds. The van der Waals surface area contributed by atoms with Gasteiger partial charge in [-0.05, 0) is 6.92 Å². The average molecular weight is 210 g/mol. The number of carbonyl (C=O) groups excluding carboxylic acids is 1. The summed E-state index contributed by atoms with van der Waals surface area (Å²) >= 11 is 0. The third-order valence-corrected chi connectivity index (χ3v) is 2.05. The van der Waals surface area contributed by atoms with Crippen molar-refractivity contribution >= 4 is 18.4 Å². The van der Waals surface area contributed by atoms with Gasteiger partial charge in [0, 0.05) is 20.2 Å². The van der Waals surface area contributed by atoms with Gasteiger partial charge in [0.2, 0.25) is 0 Å². The number of hydrogen-bond donors (Lipinski definition) is 1. The molecule has 0 saturated carbocycles. The monoisotopic (exact) mass is 209 g/mol.